The molecule has 0 saturated carbocycles. The fourth-order valence-electron chi connectivity index (χ4n) is 3.71. The molecule has 4 aromatic carbocycles. The molecular weight excluding hydrogens is 432 g/mol. The maximum Gasteiger partial charge on any atom is 0.261 e. The van der Waals surface area contributed by atoms with E-state index in [0.29, 0.717) is 11.4 Å². The van der Waals surface area contributed by atoms with Crippen molar-refractivity contribution in [1.29, 1.82) is 0 Å². The first-order chi connectivity index (χ1) is 15.8. The molecule has 0 heterocycles. The second kappa shape index (κ2) is 9.30. The molecule has 5 nitrogen and oxygen atoms in total. The van der Waals surface area contributed by atoms with Gasteiger partial charge >= 0.3 is 0 Å². The molecule has 33 heavy (non-hydrogen) atoms. The Balaban J connectivity index is 1.44. The minimum Gasteiger partial charge on any atom is -0.323 e. The maximum atomic E-state index is 12.7. The van der Waals surface area contributed by atoms with Crippen molar-refractivity contribution >= 4 is 44.2 Å². The van der Waals surface area contributed by atoms with E-state index < -0.39 is 10.0 Å². The number of fused-ring (bicyclic) bond motifs is 1. The summed E-state index contributed by atoms with van der Waals surface area (Å²) in [5.41, 5.74) is 3.92. The van der Waals surface area contributed by atoms with Crippen molar-refractivity contribution in [3.8, 4) is 0 Å². The van der Waals surface area contributed by atoms with Gasteiger partial charge in [-0.05, 0) is 83.8 Å². The molecule has 4 rings (SSSR count). The molecule has 0 fully saturated rings. The normalized spacial score (nSPS) is 11.6. The third-order valence-electron chi connectivity index (χ3n) is 5.14. The minimum absolute atomic E-state index is 0.117. The number of anilines is 2. The van der Waals surface area contributed by atoms with Crippen LogP contribution in [0.15, 0.2) is 95.9 Å². The molecule has 0 radical (unpaired) electrons. The van der Waals surface area contributed by atoms with E-state index in [1.165, 1.54) is 18.2 Å². The number of rotatable bonds is 6. The Morgan fingerprint density at radius 2 is 1.45 bits per heavy atom. The molecule has 4 aromatic rings. The number of amides is 1. The topological polar surface area (TPSA) is 75.3 Å². The summed E-state index contributed by atoms with van der Waals surface area (Å²) >= 11 is 0. The molecule has 6 heteroatoms. The van der Waals surface area contributed by atoms with Crippen LogP contribution in [-0.4, -0.2) is 14.3 Å². The van der Waals surface area contributed by atoms with E-state index >= 15 is 0 Å². The first kappa shape index (κ1) is 22.3. The van der Waals surface area contributed by atoms with Crippen molar-refractivity contribution in [2.45, 2.75) is 18.7 Å². The molecule has 0 aliphatic heterocycles. The SMILES string of the molecule is Cc1cc(C)cc(NS(=O)(=O)c2ccc(NC(=O)C=Cc3cccc4ccccc34)cc2)c1. The van der Waals surface area contributed by atoms with Gasteiger partial charge in [-0.3, -0.25) is 9.52 Å². The van der Waals surface area contributed by atoms with Gasteiger partial charge in [0.1, 0.15) is 0 Å². The highest BCUT2D eigenvalue weighted by atomic mass is 32.2. The average molecular weight is 457 g/mol. The van der Waals surface area contributed by atoms with Gasteiger partial charge in [0, 0.05) is 17.5 Å². The Morgan fingerprint density at radius 3 is 2.18 bits per heavy atom. The highest BCUT2D eigenvalue weighted by molar-refractivity contribution is 7.92. The van der Waals surface area contributed by atoms with Gasteiger partial charge in [-0.1, -0.05) is 48.5 Å². The van der Waals surface area contributed by atoms with Crippen molar-refractivity contribution in [3.05, 3.63) is 108 Å². The fourth-order valence-corrected chi connectivity index (χ4v) is 4.75. The number of nitrogens with one attached hydrogen (secondary N) is 2. The second-order valence-electron chi connectivity index (χ2n) is 7.90. The van der Waals surface area contributed by atoms with Gasteiger partial charge in [0.25, 0.3) is 10.0 Å². The molecule has 0 aromatic heterocycles. The average Bonchev–Trinajstić information content (AvgIpc) is 2.77. The molecule has 0 bridgehead atoms. The van der Waals surface area contributed by atoms with E-state index in [4.69, 9.17) is 0 Å². The maximum absolute atomic E-state index is 12.7. The van der Waals surface area contributed by atoms with Gasteiger partial charge in [-0.2, -0.15) is 0 Å². The summed E-state index contributed by atoms with van der Waals surface area (Å²) in [7, 11) is -3.74. The lowest BCUT2D eigenvalue weighted by atomic mass is 10.0. The number of carbonyl (C=O) groups is 1. The molecule has 0 atom stereocenters. The number of hydrogen-bond acceptors (Lipinski definition) is 3. The zero-order valence-electron chi connectivity index (χ0n) is 18.4. The number of carbonyl (C=O) groups excluding carboxylic acids is 1. The molecule has 0 unspecified atom stereocenters. The number of sulfonamides is 1. The number of hydrogen-bond donors (Lipinski definition) is 2. The highest BCUT2D eigenvalue weighted by Gasteiger charge is 2.14. The van der Waals surface area contributed by atoms with Gasteiger partial charge in [-0.15, -0.1) is 0 Å². The van der Waals surface area contributed by atoms with E-state index in [2.05, 4.69) is 10.0 Å². The van der Waals surface area contributed by atoms with Crippen LogP contribution in [0.5, 0.6) is 0 Å². The Hall–Kier alpha value is -3.90. The van der Waals surface area contributed by atoms with Gasteiger partial charge in [0.2, 0.25) is 5.91 Å². The van der Waals surface area contributed by atoms with Gasteiger partial charge < -0.3 is 5.32 Å². The fraction of sp³-hybridized carbons (Fsp3) is 0.0741. The van der Waals surface area contributed by atoms with Crippen molar-refractivity contribution in [3.63, 3.8) is 0 Å². The van der Waals surface area contributed by atoms with Crippen LogP contribution >= 0.6 is 0 Å². The zero-order valence-corrected chi connectivity index (χ0v) is 19.2. The largest absolute Gasteiger partial charge is 0.323 e. The monoisotopic (exact) mass is 456 g/mol. The summed E-state index contributed by atoms with van der Waals surface area (Å²) in [5, 5.41) is 4.93. The Labute approximate surface area is 193 Å². The van der Waals surface area contributed by atoms with Crippen LogP contribution in [0.2, 0.25) is 0 Å². The summed E-state index contributed by atoms with van der Waals surface area (Å²) in [6, 6.07) is 25.5. The van der Waals surface area contributed by atoms with Crippen molar-refractivity contribution in [1.82, 2.24) is 0 Å². The van der Waals surface area contributed by atoms with Crippen molar-refractivity contribution in [2.24, 2.45) is 0 Å². The predicted molar refractivity (Wildman–Crippen MR) is 135 cm³/mol. The molecule has 1 amide bonds. The van der Waals surface area contributed by atoms with Crippen LogP contribution in [0.1, 0.15) is 16.7 Å². The summed E-state index contributed by atoms with van der Waals surface area (Å²) < 4.78 is 28.0. The van der Waals surface area contributed by atoms with E-state index in [9.17, 15) is 13.2 Å². The summed E-state index contributed by atoms with van der Waals surface area (Å²) in [6.07, 6.45) is 3.23. The first-order valence-corrected chi connectivity index (χ1v) is 12.0. The third kappa shape index (κ3) is 5.48. The van der Waals surface area contributed by atoms with E-state index in [0.717, 1.165) is 27.5 Å². The van der Waals surface area contributed by atoms with E-state index in [1.807, 2.05) is 62.4 Å². The Morgan fingerprint density at radius 1 is 0.788 bits per heavy atom. The Kier molecular flexibility index (Phi) is 6.29. The van der Waals surface area contributed by atoms with Crippen LogP contribution < -0.4 is 10.0 Å². The molecule has 0 aliphatic carbocycles. The van der Waals surface area contributed by atoms with Crippen molar-refractivity contribution < 1.29 is 13.2 Å². The lowest BCUT2D eigenvalue weighted by molar-refractivity contribution is -0.111. The first-order valence-electron chi connectivity index (χ1n) is 10.5. The molecule has 166 valence electrons. The predicted octanol–water partition coefficient (Wildman–Crippen LogP) is 5.91. The smallest absolute Gasteiger partial charge is 0.261 e. The van der Waals surface area contributed by atoms with Crippen LogP contribution in [0.4, 0.5) is 11.4 Å². The summed E-state index contributed by atoms with van der Waals surface area (Å²) in [6.45, 7) is 3.83. The van der Waals surface area contributed by atoms with Gasteiger partial charge in [-0.25, -0.2) is 8.42 Å². The molecule has 0 saturated heterocycles. The van der Waals surface area contributed by atoms with E-state index in [1.54, 1.807) is 30.3 Å². The van der Waals surface area contributed by atoms with Crippen LogP contribution in [0.25, 0.3) is 16.8 Å². The number of aryl methyl sites for hydroxylation is 2. The highest BCUT2D eigenvalue weighted by Crippen LogP contribution is 2.21. The van der Waals surface area contributed by atoms with Crippen LogP contribution in [0.3, 0.4) is 0 Å². The van der Waals surface area contributed by atoms with Crippen LogP contribution in [0, 0.1) is 13.8 Å². The minimum atomic E-state index is -3.74. The summed E-state index contributed by atoms with van der Waals surface area (Å²) in [5.74, 6) is -0.299. The van der Waals surface area contributed by atoms with Gasteiger partial charge in [0.15, 0.2) is 0 Å². The summed E-state index contributed by atoms with van der Waals surface area (Å²) in [4.78, 5) is 12.5. The van der Waals surface area contributed by atoms with Gasteiger partial charge in [0.05, 0.1) is 4.90 Å². The molecule has 0 aliphatic rings. The molecular formula is C27H24N2O3S. The second-order valence-corrected chi connectivity index (χ2v) is 9.58. The van der Waals surface area contributed by atoms with E-state index in [-0.39, 0.29) is 10.8 Å². The molecule has 0 spiro atoms. The Bertz CT molecular complexity index is 1430. The quantitative estimate of drug-likeness (QED) is 0.354. The third-order valence-corrected chi connectivity index (χ3v) is 6.54. The number of benzene rings is 4. The standard InChI is InChI=1S/C27H24N2O3S/c1-19-16-20(2)18-24(17-19)29-33(31,32)25-13-11-23(12-14-25)28-27(30)15-10-22-8-5-7-21-6-3-4-9-26(21)22/h3-18,29H,1-2H3,(H,28,30). The lowest BCUT2D eigenvalue weighted by Gasteiger charge is -2.10. The zero-order chi connectivity index (χ0) is 23.4. The van der Waals surface area contributed by atoms with Crippen LogP contribution in [-0.2, 0) is 14.8 Å². The lowest BCUT2D eigenvalue weighted by Crippen LogP contribution is -2.13. The van der Waals surface area contributed by atoms with Crippen molar-refractivity contribution in [2.75, 3.05) is 10.0 Å². The molecule has 2 N–H and O–H groups in total.